The first kappa shape index (κ1) is 22.5. The van der Waals surface area contributed by atoms with Crippen molar-refractivity contribution in [2.45, 2.75) is 103 Å². The zero-order chi connectivity index (χ0) is 19.3. The van der Waals surface area contributed by atoms with E-state index in [1.807, 2.05) is 0 Å². The van der Waals surface area contributed by atoms with Gasteiger partial charge in [-0.05, 0) is 50.5 Å². The van der Waals surface area contributed by atoms with Gasteiger partial charge in [0.15, 0.2) is 0 Å². The molecule has 0 radical (unpaired) electrons. The number of hydrogen-bond acceptors (Lipinski definition) is 4. The predicted octanol–water partition coefficient (Wildman–Crippen LogP) is 5.89. The first-order valence-electron chi connectivity index (χ1n) is 10.3. The van der Waals surface area contributed by atoms with Crippen molar-refractivity contribution in [2.24, 2.45) is 11.0 Å². The zero-order valence-electron chi connectivity index (χ0n) is 16.5. The number of ether oxygens (including phenoxy) is 1. The molecule has 6 heteroatoms. The number of carbonyl (C=O) groups is 2. The maximum Gasteiger partial charge on any atom is 0.305 e. The van der Waals surface area contributed by atoms with Gasteiger partial charge in [0.2, 0.25) is 0 Å². The highest BCUT2D eigenvalue weighted by atomic mass is 16.5. The van der Waals surface area contributed by atoms with E-state index in [0.717, 1.165) is 44.9 Å². The molecule has 6 nitrogen and oxygen atoms in total. The van der Waals surface area contributed by atoms with Crippen molar-refractivity contribution in [3.05, 3.63) is 10.4 Å². The Labute approximate surface area is 157 Å². The van der Waals surface area contributed by atoms with Crippen molar-refractivity contribution in [2.75, 3.05) is 6.61 Å². The molecule has 0 aromatic heterocycles. The first-order chi connectivity index (χ1) is 12.6. The molecule has 0 aliphatic heterocycles. The molecule has 0 aromatic rings. The minimum Gasteiger partial charge on any atom is -0.466 e. The Kier molecular flexibility index (Phi) is 11.0. The van der Waals surface area contributed by atoms with E-state index in [1.54, 1.807) is 6.92 Å². The molecular formula is C20H35N3O3. The van der Waals surface area contributed by atoms with Crippen LogP contribution in [0.5, 0.6) is 0 Å². The van der Waals surface area contributed by atoms with E-state index in [9.17, 15) is 9.59 Å². The maximum atomic E-state index is 12.2. The lowest BCUT2D eigenvalue weighted by Gasteiger charge is -2.41. The van der Waals surface area contributed by atoms with Gasteiger partial charge in [0.05, 0.1) is 12.1 Å². The second-order valence-electron chi connectivity index (χ2n) is 7.43. The average molecular weight is 366 g/mol. The number of esters is 1. The fraction of sp³-hybridized carbons (Fsp3) is 0.900. The number of unbranched alkanes of at least 4 members (excludes halogenated alkanes) is 3. The van der Waals surface area contributed by atoms with Crippen LogP contribution in [0, 0.1) is 5.92 Å². The summed E-state index contributed by atoms with van der Waals surface area (Å²) in [7, 11) is 0. The summed E-state index contributed by atoms with van der Waals surface area (Å²) in [4.78, 5) is 27.0. The molecule has 1 aliphatic carbocycles. The molecule has 0 heterocycles. The number of carbonyl (C=O) groups excluding carboxylic acids is 2. The molecule has 0 aromatic carbocycles. The Morgan fingerprint density at radius 2 is 1.96 bits per heavy atom. The first-order valence-corrected chi connectivity index (χ1v) is 10.3. The summed E-state index contributed by atoms with van der Waals surface area (Å²) in [5.41, 5.74) is 8.55. The molecule has 0 N–H and O–H groups in total. The van der Waals surface area contributed by atoms with Gasteiger partial charge in [0.25, 0.3) is 0 Å². The van der Waals surface area contributed by atoms with Gasteiger partial charge in [0, 0.05) is 24.2 Å². The Morgan fingerprint density at radius 3 is 2.65 bits per heavy atom. The normalized spacial score (nSPS) is 22.5. The van der Waals surface area contributed by atoms with Crippen LogP contribution in [0.2, 0.25) is 0 Å². The van der Waals surface area contributed by atoms with E-state index >= 15 is 0 Å². The summed E-state index contributed by atoms with van der Waals surface area (Å²) in [5, 5.41) is 4.15. The molecule has 26 heavy (non-hydrogen) atoms. The lowest BCUT2D eigenvalue weighted by Crippen LogP contribution is -2.39. The SMILES string of the molecule is CCCCCCC(=O)CCC1CCCCC1(CCC(=O)OCC)N=[N+]=[N-]. The highest BCUT2D eigenvalue weighted by Crippen LogP contribution is 2.43. The van der Waals surface area contributed by atoms with Crippen LogP contribution >= 0.6 is 0 Å². The van der Waals surface area contributed by atoms with Gasteiger partial charge >= 0.3 is 5.97 Å². The number of nitrogens with zero attached hydrogens (tertiary/aromatic N) is 3. The third-order valence-electron chi connectivity index (χ3n) is 5.56. The average Bonchev–Trinajstić information content (AvgIpc) is 2.63. The van der Waals surface area contributed by atoms with Crippen molar-refractivity contribution in [3.8, 4) is 0 Å². The summed E-state index contributed by atoms with van der Waals surface area (Å²) < 4.78 is 5.03. The summed E-state index contributed by atoms with van der Waals surface area (Å²) in [6.07, 6.45) is 11.1. The molecule has 2 unspecified atom stereocenters. The van der Waals surface area contributed by atoms with Crippen molar-refractivity contribution < 1.29 is 14.3 Å². The Hall–Kier alpha value is -1.55. The molecular weight excluding hydrogens is 330 g/mol. The monoisotopic (exact) mass is 365 g/mol. The van der Waals surface area contributed by atoms with Crippen LogP contribution in [0.4, 0.5) is 0 Å². The molecule has 0 spiro atoms. The quantitative estimate of drug-likeness (QED) is 0.134. The highest BCUT2D eigenvalue weighted by Gasteiger charge is 2.40. The fourth-order valence-electron chi connectivity index (χ4n) is 4.07. The molecule has 0 bridgehead atoms. The van der Waals surface area contributed by atoms with Crippen LogP contribution in [-0.4, -0.2) is 23.9 Å². The third kappa shape index (κ3) is 7.77. The van der Waals surface area contributed by atoms with Crippen LogP contribution in [-0.2, 0) is 14.3 Å². The lowest BCUT2D eigenvalue weighted by atomic mass is 9.69. The van der Waals surface area contributed by atoms with Gasteiger partial charge in [-0.2, -0.15) is 0 Å². The maximum absolute atomic E-state index is 12.2. The van der Waals surface area contributed by atoms with E-state index in [2.05, 4.69) is 16.9 Å². The van der Waals surface area contributed by atoms with Crippen molar-refractivity contribution in [3.63, 3.8) is 0 Å². The smallest absolute Gasteiger partial charge is 0.305 e. The molecule has 1 aliphatic rings. The van der Waals surface area contributed by atoms with Gasteiger partial charge in [0.1, 0.15) is 5.78 Å². The van der Waals surface area contributed by atoms with Gasteiger partial charge in [-0.1, -0.05) is 44.1 Å². The van der Waals surface area contributed by atoms with E-state index < -0.39 is 5.54 Å². The number of hydrogen-bond donors (Lipinski definition) is 0. The molecule has 1 saturated carbocycles. The highest BCUT2D eigenvalue weighted by molar-refractivity contribution is 5.78. The van der Waals surface area contributed by atoms with Crippen LogP contribution in [0.15, 0.2) is 5.11 Å². The van der Waals surface area contributed by atoms with Gasteiger partial charge in [-0.3, -0.25) is 9.59 Å². The van der Waals surface area contributed by atoms with Crippen molar-refractivity contribution in [1.82, 2.24) is 0 Å². The second kappa shape index (κ2) is 12.7. The fourth-order valence-corrected chi connectivity index (χ4v) is 4.07. The van der Waals surface area contributed by atoms with E-state index in [-0.39, 0.29) is 18.3 Å². The second-order valence-corrected chi connectivity index (χ2v) is 7.43. The number of ketones is 1. The minimum absolute atomic E-state index is 0.182. The van der Waals surface area contributed by atoms with E-state index in [1.165, 1.54) is 12.8 Å². The largest absolute Gasteiger partial charge is 0.466 e. The minimum atomic E-state index is -0.539. The topological polar surface area (TPSA) is 92.1 Å². The van der Waals surface area contributed by atoms with Crippen LogP contribution in [0.3, 0.4) is 0 Å². The standard InChI is InChI=1S/C20H35N3O3/c1-3-5-6-7-11-18(24)13-12-17-10-8-9-15-20(17,22-23-21)16-14-19(25)26-4-2/h17H,3-16H2,1-2H3. The molecule has 1 rings (SSSR count). The summed E-state index contributed by atoms with van der Waals surface area (Å²) in [5.74, 6) is 0.254. The summed E-state index contributed by atoms with van der Waals surface area (Å²) >= 11 is 0. The van der Waals surface area contributed by atoms with E-state index in [0.29, 0.717) is 31.7 Å². The predicted molar refractivity (Wildman–Crippen MR) is 103 cm³/mol. The molecule has 148 valence electrons. The Morgan fingerprint density at radius 1 is 1.15 bits per heavy atom. The van der Waals surface area contributed by atoms with Gasteiger partial charge in [-0.15, -0.1) is 0 Å². The van der Waals surface area contributed by atoms with Crippen molar-refractivity contribution in [1.29, 1.82) is 0 Å². The molecule has 1 fully saturated rings. The number of azide groups is 1. The molecule has 2 atom stereocenters. The van der Waals surface area contributed by atoms with Crippen molar-refractivity contribution >= 4 is 11.8 Å². The van der Waals surface area contributed by atoms with Gasteiger partial charge < -0.3 is 4.74 Å². The van der Waals surface area contributed by atoms with Gasteiger partial charge in [-0.25, -0.2) is 0 Å². The van der Waals surface area contributed by atoms with Crippen LogP contribution in [0.25, 0.3) is 10.4 Å². The Balaban J connectivity index is 2.61. The summed E-state index contributed by atoms with van der Waals surface area (Å²) in [6, 6.07) is 0. The number of Topliss-reactive ketones (excluding diaryl/α,β-unsaturated/α-hetero) is 1. The number of rotatable bonds is 13. The molecule has 0 saturated heterocycles. The lowest BCUT2D eigenvalue weighted by molar-refractivity contribution is -0.143. The zero-order valence-corrected chi connectivity index (χ0v) is 16.5. The Bertz CT molecular complexity index is 489. The third-order valence-corrected chi connectivity index (χ3v) is 5.56. The van der Waals surface area contributed by atoms with E-state index in [4.69, 9.17) is 10.3 Å². The molecule has 0 amide bonds. The van der Waals surface area contributed by atoms with Crippen LogP contribution < -0.4 is 0 Å². The summed E-state index contributed by atoms with van der Waals surface area (Å²) in [6.45, 7) is 4.32. The van der Waals surface area contributed by atoms with Crippen LogP contribution in [0.1, 0.15) is 97.3 Å².